The van der Waals surface area contributed by atoms with E-state index in [0.717, 1.165) is 0 Å². The first kappa shape index (κ1) is 10.0. The lowest BCUT2D eigenvalue weighted by atomic mass is 10.1. The first-order chi connectivity index (χ1) is 6.50. The van der Waals surface area contributed by atoms with E-state index in [2.05, 4.69) is 0 Å². The maximum absolute atomic E-state index is 10.8. The molecule has 1 amide bonds. The van der Waals surface area contributed by atoms with E-state index in [1.54, 1.807) is 0 Å². The van der Waals surface area contributed by atoms with Gasteiger partial charge in [-0.2, -0.15) is 0 Å². The molecule has 0 heterocycles. The highest BCUT2D eigenvalue weighted by Gasteiger charge is 2.09. The average Bonchev–Trinajstić information content (AvgIpc) is 2.07. The van der Waals surface area contributed by atoms with Crippen LogP contribution in [0.2, 0.25) is 0 Å². The minimum absolute atomic E-state index is 0.0660. The number of rotatable bonds is 3. The predicted octanol–water partition coefficient (Wildman–Crippen LogP) is 0.118. The van der Waals surface area contributed by atoms with Gasteiger partial charge in [0.05, 0.1) is 12.0 Å². The van der Waals surface area contributed by atoms with Crippen molar-refractivity contribution < 1.29 is 19.8 Å². The van der Waals surface area contributed by atoms with E-state index in [1.807, 2.05) is 0 Å². The van der Waals surface area contributed by atoms with Gasteiger partial charge in [0.1, 0.15) is 5.75 Å². The maximum atomic E-state index is 10.8. The highest BCUT2D eigenvalue weighted by Crippen LogP contribution is 2.18. The van der Waals surface area contributed by atoms with Gasteiger partial charge in [-0.15, -0.1) is 0 Å². The van der Waals surface area contributed by atoms with Crippen molar-refractivity contribution in [3.05, 3.63) is 29.3 Å². The van der Waals surface area contributed by atoms with Crippen LogP contribution in [0.4, 0.5) is 0 Å². The minimum Gasteiger partial charge on any atom is -0.507 e. The number of carboxylic acids is 1. The van der Waals surface area contributed by atoms with Gasteiger partial charge in [-0.25, -0.2) is 0 Å². The van der Waals surface area contributed by atoms with Gasteiger partial charge in [-0.1, -0.05) is 6.07 Å². The highest BCUT2D eigenvalue weighted by molar-refractivity contribution is 5.95. The fraction of sp³-hybridized carbons (Fsp3) is 0.111. The molecule has 0 atom stereocenters. The molecule has 0 radical (unpaired) electrons. The fourth-order valence-electron chi connectivity index (χ4n) is 1.07. The molecule has 0 aliphatic rings. The van der Waals surface area contributed by atoms with Crippen molar-refractivity contribution in [3.63, 3.8) is 0 Å². The van der Waals surface area contributed by atoms with Crippen molar-refractivity contribution in [1.29, 1.82) is 0 Å². The van der Waals surface area contributed by atoms with Crippen molar-refractivity contribution >= 4 is 11.9 Å². The fourth-order valence-corrected chi connectivity index (χ4v) is 1.07. The summed E-state index contributed by atoms with van der Waals surface area (Å²) < 4.78 is 0. The third kappa shape index (κ3) is 2.22. The van der Waals surface area contributed by atoms with E-state index in [4.69, 9.17) is 10.8 Å². The molecule has 0 saturated heterocycles. The number of phenols is 1. The Balaban J connectivity index is 3.06. The summed E-state index contributed by atoms with van der Waals surface area (Å²) in [7, 11) is 0. The summed E-state index contributed by atoms with van der Waals surface area (Å²) in [5, 5.41) is 17.7. The molecule has 0 aromatic heterocycles. The second kappa shape index (κ2) is 3.78. The van der Waals surface area contributed by atoms with Crippen molar-refractivity contribution in [1.82, 2.24) is 0 Å². The molecule has 0 spiro atoms. The minimum atomic E-state index is -1.01. The van der Waals surface area contributed by atoms with Crippen molar-refractivity contribution in [2.75, 3.05) is 0 Å². The van der Waals surface area contributed by atoms with Crippen LogP contribution in [0.25, 0.3) is 0 Å². The molecule has 0 unspecified atom stereocenters. The molecule has 0 aliphatic heterocycles. The molecule has 0 saturated carbocycles. The van der Waals surface area contributed by atoms with Gasteiger partial charge in [0.2, 0.25) is 0 Å². The second-order valence-electron chi connectivity index (χ2n) is 2.79. The number of carbonyl (C=O) groups excluding carboxylic acids is 1. The number of hydrogen-bond acceptors (Lipinski definition) is 3. The molecular weight excluding hydrogens is 186 g/mol. The van der Waals surface area contributed by atoms with E-state index in [1.165, 1.54) is 18.2 Å². The van der Waals surface area contributed by atoms with Gasteiger partial charge in [-0.3, -0.25) is 9.59 Å². The van der Waals surface area contributed by atoms with Gasteiger partial charge >= 0.3 is 5.97 Å². The van der Waals surface area contributed by atoms with E-state index >= 15 is 0 Å². The summed E-state index contributed by atoms with van der Waals surface area (Å²) in [6.45, 7) is 0. The first-order valence-corrected chi connectivity index (χ1v) is 3.84. The number of aromatic hydroxyl groups is 1. The summed E-state index contributed by atoms with van der Waals surface area (Å²) in [4.78, 5) is 21.1. The van der Waals surface area contributed by atoms with E-state index in [0.29, 0.717) is 5.56 Å². The molecule has 0 bridgehead atoms. The molecule has 74 valence electrons. The standard InChI is InChI=1S/C9H9NO4/c10-9(14)6-3-5(4-8(12)13)1-2-7(6)11/h1-3,11H,4H2,(H2,10,14)(H,12,13). The zero-order valence-electron chi connectivity index (χ0n) is 7.23. The van der Waals surface area contributed by atoms with Crippen LogP contribution in [0, 0.1) is 0 Å². The van der Waals surface area contributed by atoms with Crippen LogP contribution in [0.3, 0.4) is 0 Å². The van der Waals surface area contributed by atoms with Crippen LogP contribution < -0.4 is 5.73 Å². The molecular formula is C9H9NO4. The monoisotopic (exact) mass is 195 g/mol. The van der Waals surface area contributed by atoms with E-state index in [9.17, 15) is 14.7 Å². The van der Waals surface area contributed by atoms with Crippen molar-refractivity contribution in [2.45, 2.75) is 6.42 Å². The number of hydrogen-bond donors (Lipinski definition) is 3. The Hall–Kier alpha value is -2.04. The highest BCUT2D eigenvalue weighted by atomic mass is 16.4. The Morgan fingerprint density at radius 3 is 2.50 bits per heavy atom. The molecule has 0 aliphatic carbocycles. The van der Waals surface area contributed by atoms with Crippen LogP contribution in [-0.4, -0.2) is 22.1 Å². The number of benzene rings is 1. The predicted molar refractivity (Wildman–Crippen MR) is 48.0 cm³/mol. The molecule has 0 fully saturated rings. The van der Waals surface area contributed by atoms with Gasteiger partial charge < -0.3 is 15.9 Å². The van der Waals surface area contributed by atoms with Crippen LogP contribution >= 0.6 is 0 Å². The number of nitrogens with two attached hydrogens (primary N) is 1. The molecule has 14 heavy (non-hydrogen) atoms. The maximum Gasteiger partial charge on any atom is 0.307 e. The summed E-state index contributed by atoms with van der Waals surface area (Å²) >= 11 is 0. The Morgan fingerprint density at radius 2 is 2.00 bits per heavy atom. The summed E-state index contributed by atoms with van der Waals surface area (Å²) in [5.41, 5.74) is 5.32. The van der Waals surface area contributed by atoms with Crippen molar-refractivity contribution in [2.24, 2.45) is 5.73 Å². The Labute approximate surface area is 79.8 Å². The van der Waals surface area contributed by atoms with Gasteiger partial charge in [0.15, 0.2) is 0 Å². The van der Waals surface area contributed by atoms with Crippen LogP contribution in [0.1, 0.15) is 15.9 Å². The quantitative estimate of drug-likeness (QED) is 0.637. The molecule has 1 aromatic carbocycles. The molecule has 4 N–H and O–H groups in total. The number of carboxylic acid groups (broad SMARTS) is 1. The lowest BCUT2D eigenvalue weighted by Gasteiger charge is -2.02. The third-order valence-electron chi connectivity index (χ3n) is 1.68. The third-order valence-corrected chi connectivity index (χ3v) is 1.68. The van der Waals surface area contributed by atoms with E-state index < -0.39 is 11.9 Å². The Kier molecular flexibility index (Phi) is 2.71. The largest absolute Gasteiger partial charge is 0.507 e. The molecule has 5 nitrogen and oxygen atoms in total. The lowest BCUT2D eigenvalue weighted by molar-refractivity contribution is -0.136. The van der Waals surface area contributed by atoms with Gasteiger partial charge in [0, 0.05) is 0 Å². The SMILES string of the molecule is NC(=O)c1cc(CC(=O)O)ccc1O. The number of carbonyl (C=O) groups is 2. The number of primary amides is 1. The number of amides is 1. The first-order valence-electron chi connectivity index (χ1n) is 3.84. The van der Waals surface area contributed by atoms with Crippen LogP contribution in [0.5, 0.6) is 5.75 Å². The number of aliphatic carboxylic acids is 1. The van der Waals surface area contributed by atoms with Crippen molar-refractivity contribution in [3.8, 4) is 5.75 Å². The van der Waals surface area contributed by atoms with E-state index in [-0.39, 0.29) is 17.7 Å². The zero-order chi connectivity index (χ0) is 10.7. The molecule has 1 rings (SSSR count). The molecule has 5 heteroatoms. The summed E-state index contributed by atoms with van der Waals surface area (Å²) in [6.07, 6.45) is -0.208. The van der Waals surface area contributed by atoms with Gasteiger partial charge in [-0.05, 0) is 17.7 Å². The molecule has 1 aromatic rings. The normalized spacial score (nSPS) is 9.71. The van der Waals surface area contributed by atoms with Gasteiger partial charge in [0.25, 0.3) is 5.91 Å². The van der Waals surface area contributed by atoms with Crippen LogP contribution in [-0.2, 0) is 11.2 Å². The Bertz CT molecular complexity index is 386. The average molecular weight is 195 g/mol. The van der Waals surface area contributed by atoms with Crippen LogP contribution in [0.15, 0.2) is 18.2 Å². The zero-order valence-corrected chi connectivity index (χ0v) is 7.23. The lowest BCUT2D eigenvalue weighted by Crippen LogP contribution is -2.12. The summed E-state index contributed by atoms with van der Waals surface area (Å²) in [6, 6.07) is 3.94. The topological polar surface area (TPSA) is 101 Å². The summed E-state index contributed by atoms with van der Waals surface area (Å²) in [5.74, 6) is -2.03. The smallest absolute Gasteiger partial charge is 0.307 e. The Morgan fingerprint density at radius 1 is 1.36 bits per heavy atom. The second-order valence-corrected chi connectivity index (χ2v) is 2.79.